The SMILES string of the molecule is Clc1cc(Sc2nnc3n2CCCCC3)n2ncnc2n1. The highest BCUT2D eigenvalue weighted by molar-refractivity contribution is 7.99. The first-order valence-electron chi connectivity index (χ1n) is 6.77. The van der Waals surface area contributed by atoms with Gasteiger partial charge in [-0.3, -0.25) is 0 Å². The molecule has 0 unspecified atom stereocenters. The lowest BCUT2D eigenvalue weighted by atomic mass is 10.2. The highest BCUT2D eigenvalue weighted by Gasteiger charge is 2.17. The van der Waals surface area contributed by atoms with E-state index in [0.29, 0.717) is 10.9 Å². The van der Waals surface area contributed by atoms with Gasteiger partial charge in [0.2, 0.25) is 0 Å². The zero-order valence-electron chi connectivity index (χ0n) is 11.1. The van der Waals surface area contributed by atoms with Crippen molar-refractivity contribution >= 4 is 29.1 Å². The van der Waals surface area contributed by atoms with Gasteiger partial charge in [-0.1, -0.05) is 18.0 Å². The van der Waals surface area contributed by atoms with Crippen LogP contribution in [0.25, 0.3) is 5.78 Å². The Kier molecular flexibility index (Phi) is 3.27. The molecule has 0 amide bonds. The second-order valence-corrected chi connectivity index (χ2v) is 6.23. The summed E-state index contributed by atoms with van der Waals surface area (Å²) in [6.45, 7) is 0.962. The van der Waals surface area contributed by atoms with E-state index in [1.807, 2.05) is 0 Å². The van der Waals surface area contributed by atoms with Crippen LogP contribution in [-0.4, -0.2) is 34.3 Å². The molecule has 0 spiro atoms. The summed E-state index contributed by atoms with van der Waals surface area (Å²) < 4.78 is 3.85. The van der Waals surface area contributed by atoms with Gasteiger partial charge < -0.3 is 4.57 Å². The molecule has 7 nitrogen and oxygen atoms in total. The molecule has 3 aromatic rings. The number of aryl methyl sites for hydroxylation is 1. The zero-order chi connectivity index (χ0) is 14.2. The van der Waals surface area contributed by atoms with Gasteiger partial charge in [-0.25, -0.2) is 0 Å². The van der Waals surface area contributed by atoms with E-state index in [-0.39, 0.29) is 0 Å². The summed E-state index contributed by atoms with van der Waals surface area (Å²) in [6.07, 6.45) is 6.03. The summed E-state index contributed by atoms with van der Waals surface area (Å²) >= 11 is 7.53. The smallest absolute Gasteiger partial charge is 0.254 e. The van der Waals surface area contributed by atoms with E-state index < -0.39 is 0 Å². The summed E-state index contributed by atoms with van der Waals surface area (Å²) in [4.78, 5) is 8.20. The van der Waals surface area contributed by atoms with Crippen molar-refractivity contribution in [2.45, 2.75) is 42.4 Å². The van der Waals surface area contributed by atoms with Crippen molar-refractivity contribution in [3.8, 4) is 0 Å². The van der Waals surface area contributed by atoms with Gasteiger partial charge in [-0.05, 0) is 24.6 Å². The monoisotopic (exact) mass is 321 g/mol. The molecule has 0 atom stereocenters. The molecule has 108 valence electrons. The number of hydrogen-bond acceptors (Lipinski definition) is 6. The van der Waals surface area contributed by atoms with E-state index in [1.165, 1.54) is 30.9 Å². The van der Waals surface area contributed by atoms with Gasteiger partial charge in [0, 0.05) is 19.0 Å². The molecular weight excluding hydrogens is 310 g/mol. The lowest BCUT2D eigenvalue weighted by molar-refractivity contribution is 0.590. The Balaban J connectivity index is 1.75. The summed E-state index contributed by atoms with van der Waals surface area (Å²) in [5.41, 5.74) is 0. The molecule has 0 saturated carbocycles. The minimum Gasteiger partial charge on any atom is -0.306 e. The lowest BCUT2D eigenvalue weighted by Crippen LogP contribution is -2.03. The molecule has 0 aliphatic carbocycles. The third kappa shape index (κ3) is 2.38. The maximum absolute atomic E-state index is 6.04. The number of hydrogen-bond donors (Lipinski definition) is 0. The van der Waals surface area contributed by atoms with Crippen LogP contribution >= 0.6 is 23.4 Å². The molecule has 0 radical (unpaired) electrons. The van der Waals surface area contributed by atoms with Gasteiger partial charge in [0.15, 0.2) is 5.16 Å². The normalized spacial score (nSPS) is 15.1. The second kappa shape index (κ2) is 5.27. The topological polar surface area (TPSA) is 73.8 Å². The number of halogens is 1. The van der Waals surface area contributed by atoms with Gasteiger partial charge in [0.1, 0.15) is 22.3 Å². The van der Waals surface area contributed by atoms with E-state index in [2.05, 4.69) is 29.8 Å². The second-order valence-electron chi connectivity index (χ2n) is 4.85. The Hall–Kier alpha value is -1.67. The maximum Gasteiger partial charge on any atom is 0.254 e. The van der Waals surface area contributed by atoms with Crippen molar-refractivity contribution in [1.29, 1.82) is 0 Å². The van der Waals surface area contributed by atoms with Gasteiger partial charge in [0.05, 0.1) is 0 Å². The van der Waals surface area contributed by atoms with Gasteiger partial charge in [-0.2, -0.15) is 19.6 Å². The van der Waals surface area contributed by atoms with Crippen LogP contribution in [0, 0.1) is 0 Å². The summed E-state index contributed by atoms with van der Waals surface area (Å²) in [6, 6.07) is 1.77. The Morgan fingerprint density at radius 2 is 2.14 bits per heavy atom. The third-order valence-corrected chi connectivity index (χ3v) is 4.64. The average molecular weight is 322 g/mol. The van der Waals surface area contributed by atoms with Crippen molar-refractivity contribution in [2.75, 3.05) is 0 Å². The number of aromatic nitrogens is 7. The Morgan fingerprint density at radius 1 is 1.19 bits per heavy atom. The molecule has 21 heavy (non-hydrogen) atoms. The average Bonchev–Trinajstić information content (AvgIpc) is 3.00. The predicted octanol–water partition coefficient (Wildman–Crippen LogP) is 2.25. The first kappa shape index (κ1) is 13.0. The van der Waals surface area contributed by atoms with Crippen molar-refractivity contribution in [2.24, 2.45) is 0 Å². The highest BCUT2D eigenvalue weighted by Crippen LogP contribution is 2.29. The van der Waals surface area contributed by atoms with E-state index >= 15 is 0 Å². The molecule has 0 aromatic carbocycles. The van der Waals surface area contributed by atoms with Gasteiger partial charge in [-0.15, -0.1) is 10.2 Å². The first-order chi connectivity index (χ1) is 10.3. The largest absolute Gasteiger partial charge is 0.306 e. The van der Waals surface area contributed by atoms with Crippen LogP contribution in [0.5, 0.6) is 0 Å². The molecule has 3 aromatic heterocycles. The first-order valence-corrected chi connectivity index (χ1v) is 7.97. The molecule has 0 fully saturated rings. The standard InChI is InChI=1S/C12H12ClN7S/c13-8-6-10(20-11(16-8)14-7-15-20)21-12-18-17-9-4-2-1-3-5-19(9)12/h6-7H,1-5H2. The van der Waals surface area contributed by atoms with E-state index in [1.54, 1.807) is 10.6 Å². The summed E-state index contributed by atoms with van der Waals surface area (Å²) in [5, 5.41) is 14.9. The molecule has 0 N–H and O–H groups in total. The zero-order valence-corrected chi connectivity index (χ0v) is 12.7. The van der Waals surface area contributed by atoms with Crippen LogP contribution < -0.4 is 0 Å². The Bertz CT molecular complexity index is 796. The minimum atomic E-state index is 0.397. The molecule has 0 saturated heterocycles. The molecule has 9 heteroatoms. The highest BCUT2D eigenvalue weighted by atomic mass is 35.5. The maximum atomic E-state index is 6.04. The van der Waals surface area contributed by atoms with Crippen molar-refractivity contribution < 1.29 is 0 Å². The lowest BCUT2D eigenvalue weighted by Gasteiger charge is -2.07. The van der Waals surface area contributed by atoms with E-state index in [0.717, 1.165) is 35.4 Å². The Morgan fingerprint density at radius 3 is 3.10 bits per heavy atom. The fraction of sp³-hybridized carbons (Fsp3) is 0.417. The molecule has 4 rings (SSSR count). The number of rotatable bonds is 2. The number of nitrogens with zero attached hydrogens (tertiary/aromatic N) is 7. The summed E-state index contributed by atoms with van der Waals surface area (Å²) in [5.74, 6) is 1.55. The summed E-state index contributed by atoms with van der Waals surface area (Å²) in [7, 11) is 0. The molecule has 0 bridgehead atoms. The van der Waals surface area contributed by atoms with Crippen LogP contribution in [0.15, 0.2) is 22.6 Å². The quantitative estimate of drug-likeness (QED) is 0.674. The number of fused-ring (bicyclic) bond motifs is 2. The van der Waals surface area contributed by atoms with Crippen molar-refractivity contribution in [1.82, 2.24) is 34.3 Å². The Labute approximate surface area is 129 Å². The molecular formula is C12H12ClN7S. The van der Waals surface area contributed by atoms with Crippen molar-refractivity contribution in [3.63, 3.8) is 0 Å². The fourth-order valence-corrected chi connectivity index (χ4v) is 3.66. The van der Waals surface area contributed by atoms with Crippen LogP contribution in [0.1, 0.15) is 25.1 Å². The predicted molar refractivity (Wildman–Crippen MR) is 77.5 cm³/mol. The molecule has 1 aliphatic rings. The van der Waals surface area contributed by atoms with Crippen LogP contribution in [-0.2, 0) is 13.0 Å². The van der Waals surface area contributed by atoms with Crippen LogP contribution in [0.2, 0.25) is 5.15 Å². The van der Waals surface area contributed by atoms with Crippen molar-refractivity contribution in [3.05, 3.63) is 23.4 Å². The third-order valence-electron chi connectivity index (χ3n) is 3.46. The van der Waals surface area contributed by atoms with Crippen LogP contribution in [0.4, 0.5) is 0 Å². The fourth-order valence-electron chi connectivity index (χ4n) is 2.46. The molecule has 1 aliphatic heterocycles. The van der Waals surface area contributed by atoms with E-state index in [4.69, 9.17) is 11.6 Å². The van der Waals surface area contributed by atoms with Gasteiger partial charge >= 0.3 is 0 Å². The van der Waals surface area contributed by atoms with E-state index in [9.17, 15) is 0 Å². The minimum absolute atomic E-state index is 0.397. The molecule has 4 heterocycles. The van der Waals surface area contributed by atoms with Crippen LogP contribution in [0.3, 0.4) is 0 Å². The van der Waals surface area contributed by atoms with Gasteiger partial charge in [0.25, 0.3) is 5.78 Å².